The zero-order valence-electron chi connectivity index (χ0n) is 12.6. The minimum atomic E-state index is -0.0304. The van der Waals surface area contributed by atoms with E-state index in [1.54, 1.807) is 7.11 Å². The van der Waals surface area contributed by atoms with Crippen molar-refractivity contribution < 1.29 is 9.53 Å². The van der Waals surface area contributed by atoms with Gasteiger partial charge >= 0.3 is 6.03 Å². The first-order valence-electron chi connectivity index (χ1n) is 7.13. The number of aryl methyl sites for hydroxylation is 1. The van der Waals surface area contributed by atoms with Crippen LogP contribution in [-0.4, -0.2) is 62.3 Å². The number of halogens is 1. The third-order valence-corrected chi connectivity index (χ3v) is 4.55. The molecule has 2 amide bonds. The highest BCUT2D eigenvalue weighted by molar-refractivity contribution is 9.10. The summed E-state index contributed by atoms with van der Waals surface area (Å²) in [5.41, 5.74) is 1.97. The topological polar surface area (TPSA) is 44.8 Å². The molecule has 1 aromatic rings. The van der Waals surface area contributed by atoms with Gasteiger partial charge in [0.05, 0.1) is 6.61 Å². The number of anilines is 1. The second-order valence-corrected chi connectivity index (χ2v) is 6.07. The van der Waals surface area contributed by atoms with Crippen LogP contribution in [0.15, 0.2) is 22.7 Å². The van der Waals surface area contributed by atoms with Crippen molar-refractivity contribution in [1.82, 2.24) is 9.80 Å². The Balaban J connectivity index is 1.83. The fraction of sp³-hybridized carbons (Fsp3) is 0.533. The Morgan fingerprint density at radius 3 is 2.67 bits per heavy atom. The van der Waals surface area contributed by atoms with E-state index < -0.39 is 0 Å². The lowest BCUT2D eigenvalue weighted by Crippen LogP contribution is -2.50. The van der Waals surface area contributed by atoms with Gasteiger partial charge in [0, 0.05) is 50.0 Å². The van der Waals surface area contributed by atoms with Gasteiger partial charge in [-0.3, -0.25) is 4.90 Å². The number of benzene rings is 1. The van der Waals surface area contributed by atoms with E-state index in [1.807, 2.05) is 30.0 Å². The molecule has 5 nitrogen and oxygen atoms in total. The molecule has 1 aromatic carbocycles. The Hall–Kier alpha value is -1.11. The van der Waals surface area contributed by atoms with E-state index in [-0.39, 0.29) is 6.03 Å². The van der Waals surface area contributed by atoms with Gasteiger partial charge in [0.1, 0.15) is 0 Å². The molecule has 1 N–H and O–H groups in total. The summed E-state index contributed by atoms with van der Waals surface area (Å²) >= 11 is 3.48. The predicted octanol–water partition coefficient (Wildman–Crippen LogP) is 2.55. The van der Waals surface area contributed by atoms with Gasteiger partial charge in [-0.15, -0.1) is 0 Å². The van der Waals surface area contributed by atoms with Gasteiger partial charge in [0.25, 0.3) is 0 Å². The summed E-state index contributed by atoms with van der Waals surface area (Å²) < 4.78 is 6.08. The van der Waals surface area contributed by atoms with Crippen molar-refractivity contribution in [3.8, 4) is 0 Å². The molecule has 6 heteroatoms. The average Bonchev–Trinajstić information content (AvgIpc) is 2.49. The number of hydrogen-bond acceptors (Lipinski definition) is 3. The Kier molecular flexibility index (Phi) is 6.02. The SMILES string of the molecule is COCCN1CCN(C(=O)Nc2ccc(C)c(Br)c2)CC1. The summed E-state index contributed by atoms with van der Waals surface area (Å²) in [5.74, 6) is 0. The number of nitrogens with one attached hydrogen (secondary N) is 1. The zero-order valence-corrected chi connectivity index (χ0v) is 14.1. The lowest BCUT2D eigenvalue weighted by atomic mass is 10.2. The molecular weight excluding hydrogens is 334 g/mol. The molecule has 0 aromatic heterocycles. The number of ether oxygens (including phenoxy) is 1. The monoisotopic (exact) mass is 355 g/mol. The number of piperazine rings is 1. The standard InChI is InChI=1S/C15H22BrN3O2/c1-12-3-4-13(11-14(12)16)17-15(20)19-7-5-18(6-8-19)9-10-21-2/h3-4,11H,5-10H2,1-2H3,(H,17,20). The molecule has 0 unspecified atom stereocenters. The summed E-state index contributed by atoms with van der Waals surface area (Å²) in [6.07, 6.45) is 0. The minimum absolute atomic E-state index is 0.0304. The number of nitrogens with zero attached hydrogens (tertiary/aromatic N) is 2. The number of carbonyl (C=O) groups is 1. The molecule has 1 heterocycles. The minimum Gasteiger partial charge on any atom is -0.383 e. The summed E-state index contributed by atoms with van der Waals surface area (Å²) in [5, 5.41) is 2.95. The van der Waals surface area contributed by atoms with Crippen LogP contribution < -0.4 is 5.32 Å². The quantitative estimate of drug-likeness (QED) is 0.902. The maximum Gasteiger partial charge on any atom is 0.321 e. The summed E-state index contributed by atoms with van der Waals surface area (Å²) in [6.45, 7) is 6.99. The van der Waals surface area contributed by atoms with Crippen LogP contribution in [0.3, 0.4) is 0 Å². The van der Waals surface area contributed by atoms with E-state index in [9.17, 15) is 4.79 Å². The molecule has 0 spiro atoms. The van der Waals surface area contributed by atoms with Crippen molar-refractivity contribution in [1.29, 1.82) is 0 Å². The normalized spacial score (nSPS) is 16.0. The lowest BCUT2D eigenvalue weighted by Gasteiger charge is -2.34. The summed E-state index contributed by atoms with van der Waals surface area (Å²) in [7, 11) is 1.71. The molecular formula is C15H22BrN3O2. The average molecular weight is 356 g/mol. The highest BCUT2D eigenvalue weighted by atomic mass is 79.9. The summed E-state index contributed by atoms with van der Waals surface area (Å²) in [6, 6.07) is 5.81. The van der Waals surface area contributed by atoms with Crippen molar-refractivity contribution >= 4 is 27.6 Å². The molecule has 0 radical (unpaired) electrons. The second-order valence-electron chi connectivity index (χ2n) is 5.22. The molecule has 1 fully saturated rings. The number of urea groups is 1. The molecule has 116 valence electrons. The predicted molar refractivity (Wildman–Crippen MR) is 87.8 cm³/mol. The largest absolute Gasteiger partial charge is 0.383 e. The van der Waals surface area contributed by atoms with E-state index in [2.05, 4.69) is 26.1 Å². The van der Waals surface area contributed by atoms with Gasteiger partial charge in [-0.05, 0) is 24.6 Å². The van der Waals surface area contributed by atoms with Gasteiger partial charge in [0.15, 0.2) is 0 Å². The first-order chi connectivity index (χ1) is 10.1. The van der Waals surface area contributed by atoms with Gasteiger partial charge in [-0.2, -0.15) is 0 Å². The number of rotatable bonds is 4. The molecule has 0 atom stereocenters. The Labute approximate surface area is 134 Å². The molecule has 1 aliphatic heterocycles. The van der Waals surface area contributed by atoms with Gasteiger partial charge in [0.2, 0.25) is 0 Å². The smallest absolute Gasteiger partial charge is 0.321 e. The van der Waals surface area contributed by atoms with Crippen molar-refractivity contribution in [2.45, 2.75) is 6.92 Å². The maximum absolute atomic E-state index is 12.2. The van der Waals surface area contributed by atoms with Crippen molar-refractivity contribution in [2.24, 2.45) is 0 Å². The first-order valence-corrected chi connectivity index (χ1v) is 7.93. The molecule has 2 rings (SSSR count). The van der Waals surface area contributed by atoms with E-state index >= 15 is 0 Å². The van der Waals surface area contributed by atoms with Crippen LogP contribution in [0.1, 0.15) is 5.56 Å². The number of amides is 2. The zero-order chi connectivity index (χ0) is 15.2. The van der Waals surface area contributed by atoms with Crippen LogP contribution >= 0.6 is 15.9 Å². The Morgan fingerprint density at radius 2 is 2.05 bits per heavy atom. The second kappa shape index (κ2) is 7.77. The third-order valence-electron chi connectivity index (χ3n) is 3.69. The van der Waals surface area contributed by atoms with E-state index in [0.29, 0.717) is 0 Å². The van der Waals surface area contributed by atoms with Gasteiger partial charge in [-0.25, -0.2) is 4.79 Å². The first kappa shape index (κ1) is 16.3. The van der Waals surface area contributed by atoms with Gasteiger partial charge in [-0.1, -0.05) is 22.0 Å². The van der Waals surface area contributed by atoms with Gasteiger partial charge < -0.3 is 15.0 Å². The maximum atomic E-state index is 12.2. The van der Waals surface area contributed by atoms with Crippen LogP contribution in [0.5, 0.6) is 0 Å². The van der Waals surface area contributed by atoms with Crippen LogP contribution in [0, 0.1) is 6.92 Å². The molecule has 1 aliphatic rings. The molecule has 21 heavy (non-hydrogen) atoms. The van der Waals surface area contributed by atoms with Crippen molar-refractivity contribution in [3.05, 3.63) is 28.2 Å². The Morgan fingerprint density at radius 1 is 1.33 bits per heavy atom. The van der Waals surface area contributed by atoms with E-state index in [1.165, 1.54) is 0 Å². The Bertz CT molecular complexity index is 488. The molecule has 0 bridgehead atoms. The summed E-state index contributed by atoms with van der Waals surface area (Å²) in [4.78, 5) is 16.4. The molecule has 0 aliphatic carbocycles. The van der Waals surface area contributed by atoms with Crippen LogP contribution in [0.2, 0.25) is 0 Å². The lowest BCUT2D eigenvalue weighted by molar-refractivity contribution is 0.109. The van der Waals surface area contributed by atoms with E-state index in [4.69, 9.17) is 4.74 Å². The fourth-order valence-corrected chi connectivity index (χ4v) is 2.65. The van der Waals surface area contributed by atoms with Crippen molar-refractivity contribution in [3.63, 3.8) is 0 Å². The van der Waals surface area contributed by atoms with Crippen molar-refractivity contribution in [2.75, 3.05) is 51.8 Å². The number of carbonyl (C=O) groups excluding carboxylic acids is 1. The third kappa shape index (κ3) is 4.69. The highest BCUT2D eigenvalue weighted by Crippen LogP contribution is 2.21. The number of methoxy groups -OCH3 is 1. The number of hydrogen-bond donors (Lipinski definition) is 1. The molecule has 1 saturated heterocycles. The molecule has 0 saturated carbocycles. The van der Waals surface area contributed by atoms with Crippen LogP contribution in [0.4, 0.5) is 10.5 Å². The van der Waals surface area contributed by atoms with E-state index in [0.717, 1.165) is 55.1 Å². The fourth-order valence-electron chi connectivity index (χ4n) is 2.27. The van der Waals surface area contributed by atoms with Crippen LogP contribution in [-0.2, 0) is 4.74 Å². The highest BCUT2D eigenvalue weighted by Gasteiger charge is 2.20. The van der Waals surface area contributed by atoms with Crippen LogP contribution in [0.25, 0.3) is 0 Å².